The van der Waals surface area contributed by atoms with E-state index >= 15 is 0 Å². The van der Waals surface area contributed by atoms with Crippen molar-refractivity contribution in [2.75, 3.05) is 11.9 Å². The molecule has 0 atom stereocenters. The van der Waals surface area contributed by atoms with Gasteiger partial charge in [-0.15, -0.1) is 0 Å². The number of carbonyl (C=O) groups excluding carboxylic acids is 1. The third-order valence-electron chi connectivity index (χ3n) is 1.37. The second-order valence-corrected chi connectivity index (χ2v) is 3.44. The third-order valence-corrected chi connectivity index (χ3v) is 2.04. The molecule has 0 saturated carbocycles. The molecule has 1 aromatic rings. The van der Waals surface area contributed by atoms with Crippen molar-refractivity contribution in [3.05, 3.63) is 27.8 Å². The molecule has 0 aromatic heterocycles. The number of hydrogen-bond donors (Lipinski definition) is 0. The van der Waals surface area contributed by atoms with E-state index < -0.39 is 0 Å². The standard InChI is InChI=1S/C8H8INO/c1-10(6-11)8-4-2-3-7(9)5-8/h2-6H,1H3. The Balaban J connectivity index is 2.95. The first kappa shape index (κ1) is 8.52. The lowest BCUT2D eigenvalue weighted by Gasteiger charge is -2.09. The summed E-state index contributed by atoms with van der Waals surface area (Å²) in [6, 6.07) is 7.77. The van der Waals surface area contributed by atoms with Gasteiger partial charge in [-0.05, 0) is 40.8 Å². The van der Waals surface area contributed by atoms with Gasteiger partial charge in [0.1, 0.15) is 0 Å². The SMILES string of the molecule is CN(C=O)c1cccc(I)c1. The monoisotopic (exact) mass is 261 g/mol. The molecule has 0 unspecified atom stereocenters. The van der Waals surface area contributed by atoms with Crippen LogP contribution < -0.4 is 4.90 Å². The highest BCUT2D eigenvalue weighted by atomic mass is 127. The van der Waals surface area contributed by atoms with Crippen LogP contribution in [-0.4, -0.2) is 13.5 Å². The van der Waals surface area contributed by atoms with Gasteiger partial charge in [0.05, 0.1) is 0 Å². The first-order chi connectivity index (χ1) is 5.24. The van der Waals surface area contributed by atoms with Crippen LogP contribution in [0, 0.1) is 3.57 Å². The van der Waals surface area contributed by atoms with Crippen LogP contribution in [0.25, 0.3) is 0 Å². The lowest BCUT2D eigenvalue weighted by Crippen LogP contribution is -2.13. The van der Waals surface area contributed by atoms with Crippen LogP contribution in [0.4, 0.5) is 5.69 Å². The largest absolute Gasteiger partial charge is 0.318 e. The van der Waals surface area contributed by atoms with E-state index in [0.29, 0.717) is 0 Å². The van der Waals surface area contributed by atoms with Crippen molar-refractivity contribution < 1.29 is 4.79 Å². The van der Waals surface area contributed by atoms with E-state index in [1.165, 1.54) is 0 Å². The number of hydrogen-bond acceptors (Lipinski definition) is 1. The summed E-state index contributed by atoms with van der Waals surface area (Å²) < 4.78 is 1.13. The predicted octanol–water partition coefficient (Wildman–Crippen LogP) is 1.88. The fourth-order valence-corrected chi connectivity index (χ4v) is 1.28. The van der Waals surface area contributed by atoms with Crippen molar-refractivity contribution in [3.63, 3.8) is 0 Å². The summed E-state index contributed by atoms with van der Waals surface area (Å²) in [7, 11) is 1.73. The van der Waals surface area contributed by atoms with Crippen LogP contribution in [0.5, 0.6) is 0 Å². The smallest absolute Gasteiger partial charge is 0.213 e. The minimum absolute atomic E-state index is 0.797. The summed E-state index contributed by atoms with van der Waals surface area (Å²) in [5.41, 5.74) is 0.923. The molecular weight excluding hydrogens is 253 g/mol. The molecule has 0 aliphatic carbocycles. The summed E-state index contributed by atoms with van der Waals surface area (Å²) in [5, 5.41) is 0. The van der Waals surface area contributed by atoms with Crippen LogP contribution in [0.3, 0.4) is 0 Å². The normalized spacial score (nSPS) is 9.27. The summed E-state index contributed by atoms with van der Waals surface area (Å²) in [6.45, 7) is 0. The van der Waals surface area contributed by atoms with Gasteiger partial charge in [-0.25, -0.2) is 0 Å². The number of nitrogens with zero attached hydrogens (tertiary/aromatic N) is 1. The summed E-state index contributed by atoms with van der Waals surface area (Å²) in [4.78, 5) is 11.9. The molecule has 1 aromatic carbocycles. The van der Waals surface area contributed by atoms with Crippen molar-refractivity contribution >= 4 is 34.7 Å². The molecule has 0 aliphatic heterocycles. The number of carbonyl (C=O) groups is 1. The highest BCUT2D eigenvalue weighted by Crippen LogP contribution is 2.14. The van der Waals surface area contributed by atoms with Crippen LogP contribution >= 0.6 is 22.6 Å². The van der Waals surface area contributed by atoms with Gasteiger partial charge in [0.25, 0.3) is 0 Å². The summed E-state index contributed by atoms with van der Waals surface area (Å²) in [5.74, 6) is 0. The molecule has 0 saturated heterocycles. The Morgan fingerprint density at radius 3 is 2.82 bits per heavy atom. The van der Waals surface area contributed by atoms with Crippen molar-refractivity contribution in [2.45, 2.75) is 0 Å². The number of rotatable bonds is 2. The van der Waals surface area contributed by atoms with Gasteiger partial charge < -0.3 is 4.90 Å². The number of anilines is 1. The van der Waals surface area contributed by atoms with E-state index in [0.717, 1.165) is 15.7 Å². The van der Waals surface area contributed by atoms with Crippen molar-refractivity contribution in [2.24, 2.45) is 0 Å². The van der Waals surface area contributed by atoms with Crippen molar-refractivity contribution in [1.82, 2.24) is 0 Å². The maximum Gasteiger partial charge on any atom is 0.213 e. The molecule has 1 rings (SSSR count). The zero-order chi connectivity index (χ0) is 8.27. The molecule has 0 heterocycles. The molecule has 3 heteroatoms. The molecule has 0 bridgehead atoms. The minimum atomic E-state index is 0.797. The topological polar surface area (TPSA) is 20.3 Å². The van der Waals surface area contributed by atoms with E-state index in [2.05, 4.69) is 22.6 Å². The van der Waals surface area contributed by atoms with E-state index in [1.54, 1.807) is 11.9 Å². The first-order valence-corrected chi connectivity index (χ1v) is 4.25. The average Bonchev–Trinajstić information content (AvgIpc) is 2.03. The average molecular weight is 261 g/mol. The number of amides is 1. The van der Waals surface area contributed by atoms with Gasteiger partial charge in [0.15, 0.2) is 0 Å². The predicted molar refractivity (Wildman–Crippen MR) is 53.6 cm³/mol. The van der Waals surface area contributed by atoms with E-state index in [-0.39, 0.29) is 0 Å². The second-order valence-electron chi connectivity index (χ2n) is 2.20. The number of benzene rings is 1. The highest BCUT2D eigenvalue weighted by Gasteiger charge is 1.96. The molecule has 0 spiro atoms. The van der Waals surface area contributed by atoms with Gasteiger partial charge in [-0.2, -0.15) is 0 Å². The maximum atomic E-state index is 10.3. The molecule has 0 fully saturated rings. The van der Waals surface area contributed by atoms with E-state index in [1.807, 2.05) is 24.3 Å². The van der Waals surface area contributed by atoms with Gasteiger partial charge in [-0.3, -0.25) is 4.79 Å². The minimum Gasteiger partial charge on any atom is -0.318 e. The third kappa shape index (κ3) is 2.18. The second kappa shape index (κ2) is 3.71. The summed E-state index contributed by atoms with van der Waals surface area (Å²) in [6.07, 6.45) is 0.797. The zero-order valence-electron chi connectivity index (χ0n) is 6.12. The Bertz CT molecular complexity index is 262. The molecule has 1 amide bonds. The molecule has 0 aliphatic rings. The maximum absolute atomic E-state index is 10.3. The highest BCUT2D eigenvalue weighted by molar-refractivity contribution is 14.1. The fraction of sp³-hybridized carbons (Fsp3) is 0.125. The Hall–Kier alpha value is -0.580. The van der Waals surface area contributed by atoms with Gasteiger partial charge >= 0.3 is 0 Å². The number of halogens is 1. The van der Waals surface area contributed by atoms with Crippen LogP contribution in [-0.2, 0) is 4.79 Å². The Morgan fingerprint density at radius 1 is 1.55 bits per heavy atom. The fourth-order valence-electron chi connectivity index (χ4n) is 0.756. The van der Waals surface area contributed by atoms with Crippen molar-refractivity contribution in [3.8, 4) is 0 Å². The van der Waals surface area contributed by atoms with Gasteiger partial charge in [0.2, 0.25) is 6.41 Å². The van der Waals surface area contributed by atoms with Crippen LogP contribution in [0.15, 0.2) is 24.3 Å². The van der Waals surface area contributed by atoms with Crippen LogP contribution in [0.1, 0.15) is 0 Å². The quantitative estimate of drug-likeness (QED) is 0.588. The molecule has 2 nitrogen and oxygen atoms in total. The van der Waals surface area contributed by atoms with Crippen LogP contribution in [0.2, 0.25) is 0 Å². The molecule has 0 N–H and O–H groups in total. The van der Waals surface area contributed by atoms with Gasteiger partial charge in [-0.1, -0.05) is 6.07 Å². The van der Waals surface area contributed by atoms with Crippen molar-refractivity contribution in [1.29, 1.82) is 0 Å². The first-order valence-electron chi connectivity index (χ1n) is 3.18. The Morgan fingerprint density at radius 2 is 2.27 bits per heavy atom. The van der Waals surface area contributed by atoms with E-state index in [9.17, 15) is 4.79 Å². The Labute approximate surface area is 79.3 Å². The lowest BCUT2D eigenvalue weighted by molar-refractivity contribution is -0.107. The molecule has 58 valence electrons. The molecule has 0 radical (unpaired) electrons. The Kier molecular flexibility index (Phi) is 2.87. The molecule has 11 heavy (non-hydrogen) atoms. The van der Waals surface area contributed by atoms with E-state index in [4.69, 9.17) is 0 Å². The van der Waals surface area contributed by atoms with Gasteiger partial charge in [0, 0.05) is 16.3 Å². The lowest BCUT2D eigenvalue weighted by atomic mass is 10.3. The summed E-state index contributed by atoms with van der Waals surface area (Å²) >= 11 is 2.21. The molecular formula is C8H8INO. The zero-order valence-corrected chi connectivity index (χ0v) is 8.28.